The van der Waals surface area contributed by atoms with Gasteiger partial charge in [0.2, 0.25) is 11.8 Å². The van der Waals surface area contributed by atoms with Crippen LogP contribution in [0, 0.1) is 11.7 Å². The van der Waals surface area contributed by atoms with Crippen LogP contribution in [-0.4, -0.2) is 67.1 Å². The van der Waals surface area contributed by atoms with Crippen LogP contribution < -0.4 is 10.9 Å². The van der Waals surface area contributed by atoms with Gasteiger partial charge in [0.1, 0.15) is 11.4 Å². The number of fused-ring (bicyclic) bond motifs is 5. The molecule has 3 unspecified atom stereocenters. The van der Waals surface area contributed by atoms with E-state index >= 15 is 4.39 Å². The summed E-state index contributed by atoms with van der Waals surface area (Å²) in [6.07, 6.45) is -1.55. The first-order chi connectivity index (χ1) is 21.3. The molecule has 0 fully saturated rings. The van der Waals surface area contributed by atoms with Gasteiger partial charge < -0.3 is 34.8 Å². The van der Waals surface area contributed by atoms with Crippen LogP contribution in [0.4, 0.5) is 4.39 Å². The second-order valence-electron chi connectivity index (χ2n) is 12.5. The summed E-state index contributed by atoms with van der Waals surface area (Å²) in [5.41, 5.74) is 1.23. The van der Waals surface area contributed by atoms with Crippen molar-refractivity contribution >= 4 is 34.3 Å². The summed E-state index contributed by atoms with van der Waals surface area (Å²) >= 11 is 6.45. The van der Waals surface area contributed by atoms with Crippen molar-refractivity contribution in [2.24, 2.45) is 5.92 Å². The zero-order valence-corrected chi connectivity index (χ0v) is 26.2. The van der Waals surface area contributed by atoms with E-state index in [1.54, 1.807) is 33.8 Å². The van der Waals surface area contributed by atoms with E-state index < -0.39 is 41.3 Å². The third kappa shape index (κ3) is 5.03. The molecule has 0 saturated heterocycles. The molecule has 11 nitrogen and oxygen atoms in total. The summed E-state index contributed by atoms with van der Waals surface area (Å²) in [5.74, 6) is -1.72. The zero-order valence-electron chi connectivity index (χ0n) is 25.5. The van der Waals surface area contributed by atoms with Crippen LogP contribution in [0.15, 0.2) is 16.9 Å². The first-order valence-corrected chi connectivity index (χ1v) is 15.5. The topological polar surface area (TPSA) is 154 Å². The number of nitrogens with zero attached hydrogens (tertiary/aromatic N) is 3. The van der Waals surface area contributed by atoms with Gasteiger partial charge in [-0.25, -0.2) is 9.37 Å². The Morgan fingerprint density at radius 3 is 2.67 bits per heavy atom. The van der Waals surface area contributed by atoms with Crippen LogP contribution >= 0.6 is 11.6 Å². The fourth-order valence-electron chi connectivity index (χ4n) is 6.94. The Morgan fingerprint density at radius 1 is 1.27 bits per heavy atom. The number of aliphatic hydroxyl groups excluding tert-OH is 2. The van der Waals surface area contributed by atoms with E-state index in [0.717, 1.165) is 0 Å². The lowest BCUT2D eigenvalue weighted by Crippen LogP contribution is -2.47. The van der Waals surface area contributed by atoms with Crippen molar-refractivity contribution in [1.82, 2.24) is 19.8 Å². The number of aromatic nitrogens is 2. The lowest BCUT2D eigenvalue weighted by Gasteiger charge is -2.37. The average Bonchev–Trinajstić information content (AvgIpc) is 3.36. The van der Waals surface area contributed by atoms with Crippen molar-refractivity contribution in [1.29, 1.82) is 0 Å². The van der Waals surface area contributed by atoms with Crippen molar-refractivity contribution in [2.75, 3.05) is 13.1 Å². The van der Waals surface area contributed by atoms with Crippen LogP contribution in [0.3, 0.4) is 0 Å². The van der Waals surface area contributed by atoms with Crippen molar-refractivity contribution in [3.05, 3.63) is 61.1 Å². The first-order valence-electron chi connectivity index (χ1n) is 15.2. The molecule has 0 radical (unpaired) electrons. The van der Waals surface area contributed by atoms with Gasteiger partial charge in [0.25, 0.3) is 5.56 Å². The molecule has 13 heteroatoms. The predicted octanol–water partition coefficient (Wildman–Crippen LogP) is 2.63. The van der Waals surface area contributed by atoms with E-state index in [0.29, 0.717) is 51.8 Å². The van der Waals surface area contributed by atoms with Crippen molar-refractivity contribution in [3.8, 4) is 11.4 Å². The number of hydrogen-bond donors (Lipinski definition) is 4. The van der Waals surface area contributed by atoms with Crippen LogP contribution in [0.1, 0.15) is 74.4 Å². The summed E-state index contributed by atoms with van der Waals surface area (Å²) in [4.78, 5) is 46.2. The van der Waals surface area contributed by atoms with Gasteiger partial charge in [-0.2, -0.15) is 0 Å². The van der Waals surface area contributed by atoms with Gasteiger partial charge in [-0.15, -0.1) is 0 Å². The van der Waals surface area contributed by atoms with Crippen LogP contribution in [-0.2, 0) is 39.5 Å². The second kappa shape index (κ2) is 11.4. The van der Waals surface area contributed by atoms with Gasteiger partial charge in [-0.1, -0.05) is 32.4 Å². The minimum atomic E-state index is -1.81. The molecule has 0 spiro atoms. The molecule has 2 aromatic heterocycles. The van der Waals surface area contributed by atoms with Crippen molar-refractivity contribution in [2.45, 2.75) is 84.1 Å². The predicted molar refractivity (Wildman–Crippen MR) is 163 cm³/mol. The Kier molecular flexibility index (Phi) is 8.02. The molecule has 0 bridgehead atoms. The van der Waals surface area contributed by atoms with Crippen molar-refractivity contribution in [3.63, 3.8) is 0 Å². The Morgan fingerprint density at radius 2 is 2.00 bits per heavy atom. The highest BCUT2D eigenvalue weighted by molar-refractivity contribution is 6.32. The molecule has 6 rings (SSSR count). The highest BCUT2D eigenvalue weighted by Gasteiger charge is 2.45. The van der Waals surface area contributed by atoms with Gasteiger partial charge in [0, 0.05) is 40.6 Å². The molecular weight excluding hydrogens is 607 g/mol. The maximum absolute atomic E-state index is 15.0. The molecule has 1 aromatic carbocycles. The summed E-state index contributed by atoms with van der Waals surface area (Å²) in [6.45, 7) is 6.30. The monoisotopic (exact) mass is 642 g/mol. The van der Waals surface area contributed by atoms with Gasteiger partial charge in [0.15, 0.2) is 6.29 Å². The number of pyridine rings is 2. The Labute approximate surface area is 263 Å². The van der Waals surface area contributed by atoms with Crippen LogP contribution in [0.2, 0.25) is 5.02 Å². The van der Waals surface area contributed by atoms with E-state index in [2.05, 4.69) is 5.32 Å². The molecule has 3 aromatic rings. The van der Waals surface area contributed by atoms with Gasteiger partial charge in [-0.3, -0.25) is 14.4 Å². The Bertz CT molecular complexity index is 1810. The number of aryl methyl sites for hydroxylation is 1. The van der Waals surface area contributed by atoms with Gasteiger partial charge in [-0.05, 0) is 43.4 Å². The molecular formula is C32H36ClFN4O7. The zero-order chi connectivity index (χ0) is 32.5. The van der Waals surface area contributed by atoms with E-state index in [1.807, 2.05) is 0 Å². The van der Waals surface area contributed by atoms with E-state index in [9.17, 15) is 29.7 Å². The molecule has 45 heavy (non-hydrogen) atoms. The number of rotatable bonds is 7. The molecule has 3 aliphatic rings. The van der Waals surface area contributed by atoms with Gasteiger partial charge in [0.05, 0.1) is 53.8 Å². The lowest BCUT2D eigenvalue weighted by molar-refractivity contribution is -0.236. The maximum atomic E-state index is 15.0. The highest BCUT2D eigenvalue weighted by atomic mass is 35.5. The number of carbonyl (C=O) groups is 2. The smallest absolute Gasteiger partial charge is 0.257 e. The number of benzene rings is 1. The van der Waals surface area contributed by atoms with Crippen molar-refractivity contribution < 1.29 is 34.0 Å². The lowest BCUT2D eigenvalue weighted by atomic mass is 9.83. The molecule has 0 saturated carbocycles. The number of amides is 2. The highest BCUT2D eigenvalue weighted by Crippen LogP contribution is 2.47. The minimum absolute atomic E-state index is 0.00681. The van der Waals surface area contributed by atoms with Crippen LogP contribution in [0.25, 0.3) is 22.3 Å². The average molecular weight is 643 g/mol. The number of halogens is 2. The fraction of sp³-hybridized carbons (Fsp3) is 0.500. The molecule has 2 amide bonds. The Balaban J connectivity index is 1.48. The van der Waals surface area contributed by atoms with E-state index in [4.69, 9.17) is 21.3 Å². The molecule has 240 valence electrons. The summed E-state index contributed by atoms with van der Waals surface area (Å²) < 4.78 is 21.9. The SMILES string of the molecule is CC[C@]1(O)c2cc3n(c(=O)c2COC1O)Cc1c-3nc2cc(F)c(Cl)c3c2c1C(NC(=O)CN(CC(C)O)C(=O)C(C)C)CC3. The quantitative estimate of drug-likeness (QED) is 0.240. The maximum Gasteiger partial charge on any atom is 0.257 e. The normalized spacial score (nSPS) is 22.2. The first kappa shape index (κ1) is 31.6. The third-order valence-corrected chi connectivity index (χ3v) is 9.57. The van der Waals surface area contributed by atoms with Gasteiger partial charge >= 0.3 is 0 Å². The number of nitrogens with one attached hydrogen (secondary N) is 1. The molecule has 2 aliphatic heterocycles. The number of ether oxygens (including phenoxy) is 1. The molecule has 4 heterocycles. The number of aliphatic hydroxyl groups is 3. The summed E-state index contributed by atoms with van der Waals surface area (Å²) in [6, 6.07) is 2.30. The molecule has 1 aliphatic carbocycles. The van der Waals surface area contributed by atoms with Crippen LogP contribution in [0.5, 0.6) is 0 Å². The largest absolute Gasteiger partial charge is 0.392 e. The number of carbonyl (C=O) groups excluding carboxylic acids is 2. The van der Waals surface area contributed by atoms with E-state index in [1.165, 1.54) is 15.5 Å². The standard InChI is InChI=1S/C32H36ClFN4O7/c1-5-32(44)19-8-23-28-17(11-38(23)30(42)18(19)13-45-31(32)43)26-21(7-6-16-25(26)22(36-28)9-20(34)27(16)33)35-24(40)12-37(10-15(4)39)29(41)14(2)3/h8-9,14-15,21,31,39,43-44H,5-7,10-13H2,1-4H3,(H,35,40)/t15?,21?,31?,32-/m0/s1. The molecule has 4 atom stereocenters. The summed E-state index contributed by atoms with van der Waals surface area (Å²) in [5, 5.41) is 35.4. The minimum Gasteiger partial charge on any atom is -0.392 e. The number of hydrogen-bond acceptors (Lipinski definition) is 8. The fourth-order valence-corrected chi connectivity index (χ4v) is 7.19. The summed E-state index contributed by atoms with van der Waals surface area (Å²) in [7, 11) is 0. The Hall–Kier alpha value is -3.42. The second-order valence-corrected chi connectivity index (χ2v) is 12.9. The molecule has 4 N–H and O–H groups in total. The van der Waals surface area contributed by atoms with E-state index in [-0.39, 0.29) is 60.6 Å². The third-order valence-electron chi connectivity index (χ3n) is 9.16.